The van der Waals surface area contributed by atoms with E-state index in [1.54, 1.807) is 0 Å². The Morgan fingerprint density at radius 3 is 2.40 bits per heavy atom. The SMILES string of the molecule is Cc1ccc(Cl)c(NCC(c2ccccc2)C(C)C)c1. The van der Waals surface area contributed by atoms with E-state index >= 15 is 0 Å². The van der Waals surface area contributed by atoms with Crippen molar-refractivity contribution in [3.63, 3.8) is 0 Å². The first kappa shape index (κ1) is 14.9. The Labute approximate surface area is 127 Å². The van der Waals surface area contributed by atoms with Crippen LogP contribution in [-0.4, -0.2) is 6.54 Å². The summed E-state index contributed by atoms with van der Waals surface area (Å²) >= 11 is 6.24. The number of aryl methyl sites for hydroxylation is 1. The molecule has 1 N–H and O–H groups in total. The van der Waals surface area contributed by atoms with Gasteiger partial charge in [0.1, 0.15) is 0 Å². The first-order valence-corrected chi connectivity index (χ1v) is 7.50. The predicted molar refractivity (Wildman–Crippen MR) is 88.7 cm³/mol. The van der Waals surface area contributed by atoms with Crippen molar-refractivity contribution in [3.05, 3.63) is 64.7 Å². The summed E-state index contributed by atoms with van der Waals surface area (Å²) in [6.45, 7) is 7.50. The molecule has 2 aromatic rings. The average Bonchev–Trinajstić information content (AvgIpc) is 2.43. The van der Waals surface area contributed by atoms with E-state index in [-0.39, 0.29) is 0 Å². The molecule has 2 aromatic carbocycles. The standard InChI is InChI=1S/C18H22ClN/c1-13(2)16(15-7-5-4-6-8-15)12-20-18-11-14(3)9-10-17(18)19/h4-11,13,16,20H,12H2,1-3H3. The molecular weight excluding hydrogens is 266 g/mol. The Kier molecular flexibility index (Phi) is 5.08. The Bertz CT molecular complexity index is 549. The van der Waals surface area contributed by atoms with E-state index in [1.807, 2.05) is 12.1 Å². The minimum Gasteiger partial charge on any atom is -0.383 e. The first-order valence-electron chi connectivity index (χ1n) is 7.13. The predicted octanol–water partition coefficient (Wildman–Crippen LogP) is 5.50. The van der Waals surface area contributed by atoms with Crippen LogP contribution < -0.4 is 5.32 Å². The van der Waals surface area contributed by atoms with Crippen molar-refractivity contribution in [2.24, 2.45) is 5.92 Å². The quantitative estimate of drug-likeness (QED) is 0.765. The van der Waals surface area contributed by atoms with Gasteiger partial charge in [0.2, 0.25) is 0 Å². The molecule has 0 aliphatic carbocycles. The minimum absolute atomic E-state index is 0.479. The molecule has 1 atom stereocenters. The molecule has 0 bridgehead atoms. The monoisotopic (exact) mass is 287 g/mol. The van der Waals surface area contributed by atoms with Gasteiger partial charge in [0, 0.05) is 12.5 Å². The third kappa shape index (κ3) is 3.77. The molecule has 0 heterocycles. The lowest BCUT2D eigenvalue weighted by atomic mass is 9.88. The summed E-state index contributed by atoms with van der Waals surface area (Å²) in [5.41, 5.74) is 3.62. The minimum atomic E-state index is 0.479. The average molecular weight is 288 g/mol. The van der Waals surface area contributed by atoms with Gasteiger partial charge in [-0.15, -0.1) is 0 Å². The van der Waals surface area contributed by atoms with Crippen LogP contribution in [0.4, 0.5) is 5.69 Å². The number of hydrogen-bond donors (Lipinski definition) is 1. The number of halogens is 1. The molecule has 0 radical (unpaired) electrons. The van der Waals surface area contributed by atoms with Crippen molar-refractivity contribution in [1.29, 1.82) is 0 Å². The van der Waals surface area contributed by atoms with Crippen LogP contribution in [0.25, 0.3) is 0 Å². The second-order valence-corrected chi connectivity index (χ2v) is 6.03. The van der Waals surface area contributed by atoms with Crippen molar-refractivity contribution in [3.8, 4) is 0 Å². The van der Waals surface area contributed by atoms with Crippen LogP contribution in [0.3, 0.4) is 0 Å². The second-order valence-electron chi connectivity index (χ2n) is 5.63. The fourth-order valence-corrected chi connectivity index (χ4v) is 2.62. The number of hydrogen-bond acceptors (Lipinski definition) is 1. The molecule has 2 rings (SSSR count). The fourth-order valence-electron chi connectivity index (χ4n) is 2.43. The van der Waals surface area contributed by atoms with Gasteiger partial charge in [-0.05, 0) is 36.1 Å². The van der Waals surface area contributed by atoms with Crippen molar-refractivity contribution in [2.75, 3.05) is 11.9 Å². The number of benzene rings is 2. The lowest BCUT2D eigenvalue weighted by molar-refractivity contribution is 0.517. The van der Waals surface area contributed by atoms with Gasteiger partial charge >= 0.3 is 0 Å². The van der Waals surface area contributed by atoms with Crippen LogP contribution in [0.2, 0.25) is 5.02 Å². The van der Waals surface area contributed by atoms with Crippen LogP contribution in [0.1, 0.15) is 30.9 Å². The first-order chi connectivity index (χ1) is 9.58. The topological polar surface area (TPSA) is 12.0 Å². The van der Waals surface area contributed by atoms with Gasteiger partial charge in [-0.3, -0.25) is 0 Å². The Balaban J connectivity index is 2.12. The molecule has 0 saturated carbocycles. The summed E-state index contributed by atoms with van der Waals surface area (Å²) in [7, 11) is 0. The van der Waals surface area contributed by atoms with E-state index in [2.05, 4.69) is 62.5 Å². The summed E-state index contributed by atoms with van der Waals surface area (Å²) in [6, 6.07) is 16.7. The summed E-state index contributed by atoms with van der Waals surface area (Å²) in [6.07, 6.45) is 0. The van der Waals surface area contributed by atoms with Gasteiger partial charge < -0.3 is 5.32 Å². The largest absolute Gasteiger partial charge is 0.383 e. The lowest BCUT2D eigenvalue weighted by Gasteiger charge is -2.23. The smallest absolute Gasteiger partial charge is 0.0637 e. The summed E-state index contributed by atoms with van der Waals surface area (Å²) in [5.74, 6) is 1.06. The molecule has 1 unspecified atom stereocenters. The molecule has 1 nitrogen and oxygen atoms in total. The Hall–Kier alpha value is -1.47. The van der Waals surface area contributed by atoms with Gasteiger partial charge in [0.15, 0.2) is 0 Å². The number of nitrogens with one attached hydrogen (secondary N) is 1. The molecule has 0 aliphatic rings. The Morgan fingerprint density at radius 2 is 1.75 bits per heavy atom. The van der Waals surface area contributed by atoms with Crippen LogP contribution in [0.15, 0.2) is 48.5 Å². The van der Waals surface area contributed by atoms with Crippen molar-refractivity contribution >= 4 is 17.3 Å². The highest BCUT2D eigenvalue weighted by atomic mass is 35.5. The summed E-state index contributed by atoms with van der Waals surface area (Å²) in [5, 5.41) is 4.29. The van der Waals surface area contributed by atoms with E-state index in [1.165, 1.54) is 11.1 Å². The van der Waals surface area contributed by atoms with E-state index in [0.717, 1.165) is 17.3 Å². The molecule has 20 heavy (non-hydrogen) atoms. The van der Waals surface area contributed by atoms with Gasteiger partial charge in [-0.25, -0.2) is 0 Å². The Morgan fingerprint density at radius 1 is 1.05 bits per heavy atom. The maximum Gasteiger partial charge on any atom is 0.0637 e. The van der Waals surface area contributed by atoms with Crippen molar-refractivity contribution in [1.82, 2.24) is 0 Å². The van der Waals surface area contributed by atoms with Crippen LogP contribution >= 0.6 is 11.6 Å². The van der Waals surface area contributed by atoms with Gasteiger partial charge in [-0.1, -0.05) is 61.8 Å². The van der Waals surface area contributed by atoms with Gasteiger partial charge in [0.25, 0.3) is 0 Å². The second kappa shape index (κ2) is 6.81. The fraction of sp³-hybridized carbons (Fsp3) is 0.333. The van der Waals surface area contributed by atoms with Crippen molar-refractivity contribution in [2.45, 2.75) is 26.7 Å². The third-order valence-corrected chi connectivity index (χ3v) is 4.00. The summed E-state index contributed by atoms with van der Waals surface area (Å²) in [4.78, 5) is 0. The highest BCUT2D eigenvalue weighted by molar-refractivity contribution is 6.33. The zero-order valence-electron chi connectivity index (χ0n) is 12.4. The highest BCUT2D eigenvalue weighted by Crippen LogP contribution is 2.27. The molecule has 0 spiro atoms. The van der Waals surface area contributed by atoms with E-state index < -0.39 is 0 Å². The zero-order chi connectivity index (χ0) is 14.5. The molecule has 2 heteroatoms. The zero-order valence-corrected chi connectivity index (χ0v) is 13.1. The van der Waals surface area contributed by atoms with Crippen LogP contribution in [-0.2, 0) is 0 Å². The summed E-state index contributed by atoms with van der Waals surface area (Å²) < 4.78 is 0. The van der Waals surface area contributed by atoms with Crippen LogP contribution in [0.5, 0.6) is 0 Å². The molecule has 0 aliphatic heterocycles. The normalized spacial score (nSPS) is 12.4. The number of anilines is 1. The maximum absolute atomic E-state index is 6.24. The lowest BCUT2D eigenvalue weighted by Crippen LogP contribution is -2.18. The molecule has 0 aromatic heterocycles. The molecule has 0 saturated heterocycles. The number of rotatable bonds is 5. The van der Waals surface area contributed by atoms with Gasteiger partial charge in [-0.2, -0.15) is 0 Å². The maximum atomic E-state index is 6.24. The van der Waals surface area contributed by atoms with Crippen LogP contribution in [0, 0.1) is 12.8 Å². The molecule has 0 amide bonds. The molecule has 106 valence electrons. The third-order valence-electron chi connectivity index (χ3n) is 3.67. The molecule has 0 fully saturated rings. The van der Waals surface area contributed by atoms with E-state index in [0.29, 0.717) is 11.8 Å². The van der Waals surface area contributed by atoms with E-state index in [4.69, 9.17) is 11.6 Å². The van der Waals surface area contributed by atoms with E-state index in [9.17, 15) is 0 Å². The highest BCUT2D eigenvalue weighted by Gasteiger charge is 2.15. The van der Waals surface area contributed by atoms with Gasteiger partial charge in [0.05, 0.1) is 10.7 Å². The van der Waals surface area contributed by atoms with Crippen molar-refractivity contribution < 1.29 is 0 Å². The molecular formula is C18H22ClN.